The molecule has 0 aliphatic carbocycles. The molecule has 6 heteroatoms. The second-order valence-electron chi connectivity index (χ2n) is 6.17. The first-order valence-corrected chi connectivity index (χ1v) is 10.00. The number of aromatic nitrogens is 1. The van der Waals surface area contributed by atoms with Gasteiger partial charge in [0.15, 0.2) is 0 Å². The Kier molecular flexibility index (Phi) is 6.85. The van der Waals surface area contributed by atoms with Crippen molar-refractivity contribution in [1.82, 2.24) is 9.88 Å². The van der Waals surface area contributed by atoms with Crippen molar-refractivity contribution in [2.45, 2.75) is 12.8 Å². The molecule has 0 bridgehead atoms. The van der Waals surface area contributed by atoms with Crippen LogP contribution in [0.3, 0.4) is 0 Å². The van der Waals surface area contributed by atoms with Gasteiger partial charge in [0.2, 0.25) is 0 Å². The van der Waals surface area contributed by atoms with Crippen molar-refractivity contribution in [1.29, 1.82) is 0 Å². The van der Waals surface area contributed by atoms with Crippen molar-refractivity contribution in [3.05, 3.63) is 81.3 Å². The predicted octanol–water partition coefficient (Wildman–Crippen LogP) is 4.93. The van der Waals surface area contributed by atoms with Gasteiger partial charge in [-0.2, -0.15) is 0 Å². The molecule has 0 aliphatic rings. The maximum Gasteiger partial charge on any atom is 0.273 e. The number of nitrogens with zero attached hydrogens (tertiary/aromatic N) is 2. The molecule has 0 atom stereocenters. The van der Waals surface area contributed by atoms with E-state index in [2.05, 4.69) is 17.1 Å². The SMILES string of the molecule is CN(CCCOc1cccc(Cl)c1)C(=O)c1csc(Cc2ccccc2)n1. The Bertz CT molecular complexity index is 883. The summed E-state index contributed by atoms with van der Waals surface area (Å²) in [7, 11) is 1.79. The summed E-state index contributed by atoms with van der Waals surface area (Å²) in [6.07, 6.45) is 1.48. The summed E-state index contributed by atoms with van der Waals surface area (Å²) in [6.45, 7) is 1.12. The van der Waals surface area contributed by atoms with Crippen molar-refractivity contribution >= 4 is 28.8 Å². The third kappa shape index (κ3) is 5.81. The fourth-order valence-electron chi connectivity index (χ4n) is 2.61. The van der Waals surface area contributed by atoms with Gasteiger partial charge in [-0.3, -0.25) is 4.79 Å². The molecule has 0 fully saturated rings. The van der Waals surface area contributed by atoms with Gasteiger partial charge in [0.05, 0.1) is 11.6 Å². The van der Waals surface area contributed by atoms with Gasteiger partial charge >= 0.3 is 0 Å². The number of carbonyl (C=O) groups excluding carboxylic acids is 1. The van der Waals surface area contributed by atoms with Crippen LogP contribution < -0.4 is 4.74 Å². The van der Waals surface area contributed by atoms with Gasteiger partial charge in [-0.1, -0.05) is 48.0 Å². The zero-order chi connectivity index (χ0) is 19.1. The number of hydrogen-bond donors (Lipinski definition) is 0. The first kappa shape index (κ1) is 19.4. The Morgan fingerprint density at radius 1 is 1.19 bits per heavy atom. The number of ether oxygens (including phenoxy) is 1. The van der Waals surface area contributed by atoms with Gasteiger partial charge in [0, 0.05) is 30.4 Å². The minimum absolute atomic E-state index is 0.0617. The molecular weight excluding hydrogens is 380 g/mol. The minimum Gasteiger partial charge on any atom is -0.493 e. The molecule has 27 heavy (non-hydrogen) atoms. The van der Waals surface area contributed by atoms with Gasteiger partial charge in [-0.15, -0.1) is 11.3 Å². The largest absolute Gasteiger partial charge is 0.493 e. The molecule has 140 valence electrons. The van der Waals surface area contributed by atoms with E-state index in [1.807, 2.05) is 35.7 Å². The average Bonchev–Trinajstić information content (AvgIpc) is 3.14. The van der Waals surface area contributed by atoms with E-state index in [0.717, 1.165) is 23.6 Å². The molecule has 2 aromatic carbocycles. The number of halogens is 1. The van der Waals surface area contributed by atoms with Gasteiger partial charge in [0.25, 0.3) is 5.91 Å². The number of thiazole rings is 1. The minimum atomic E-state index is -0.0617. The lowest BCUT2D eigenvalue weighted by molar-refractivity contribution is 0.0782. The summed E-state index contributed by atoms with van der Waals surface area (Å²) in [5, 5.41) is 3.43. The Labute approximate surface area is 168 Å². The van der Waals surface area contributed by atoms with E-state index in [0.29, 0.717) is 23.9 Å². The second kappa shape index (κ2) is 9.53. The maximum atomic E-state index is 12.5. The molecule has 1 heterocycles. The highest BCUT2D eigenvalue weighted by molar-refractivity contribution is 7.09. The van der Waals surface area contributed by atoms with E-state index >= 15 is 0 Å². The highest BCUT2D eigenvalue weighted by Crippen LogP contribution is 2.18. The summed E-state index contributed by atoms with van der Waals surface area (Å²) in [4.78, 5) is 18.7. The third-order valence-electron chi connectivity index (χ3n) is 4.02. The molecule has 0 unspecified atom stereocenters. The van der Waals surface area contributed by atoms with Crippen LogP contribution in [0.25, 0.3) is 0 Å². The van der Waals surface area contributed by atoms with Crippen LogP contribution in [0, 0.1) is 0 Å². The van der Waals surface area contributed by atoms with Crippen LogP contribution in [-0.2, 0) is 6.42 Å². The lowest BCUT2D eigenvalue weighted by atomic mass is 10.2. The van der Waals surface area contributed by atoms with Crippen LogP contribution in [0.5, 0.6) is 5.75 Å². The molecular formula is C21H21ClN2O2S. The van der Waals surface area contributed by atoms with Crippen LogP contribution >= 0.6 is 22.9 Å². The Morgan fingerprint density at radius 3 is 2.78 bits per heavy atom. The zero-order valence-corrected chi connectivity index (χ0v) is 16.7. The van der Waals surface area contributed by atoms with Crippen LogP contribution in [-0.4, -0.2) is 36.0 Å². The smallest absolute Gasteiger partial charge is 0.273 e. The van der Waals surface area contributed by atoms with Gasteiger partial charge in [0.1, 0.15) is 11.4 Å². The molecule has 0 saturated carbocycles. The van der Waals surface area contributed by atoms with Crippen LogP contribution in [0.4, 0.5) is 0 Å². The fraction of sp³-hybridized carbons (Fsp3) is 0.238. The van der Waals surface area contributed by atoms with E-state index in [1.54, 1.807) is 24.1 Å². The van der Waals surface area contributed by atoms with Crippen molar-refractivity contribution in [3.8, 4) is 5.75 Å². The monoisotopic (exact) mass is 400 g/mol. The Hall–Kier alpha value is -2.37. The van der Waals surface area contributed by atoms with E-state index < -0.39 is 0 Å². The van der Waals surface area contributed by atoms with Crippen molar-refractivity contribution < 1.29 is 9.53 Å². The fourth-order valence-corrected chi connectivity index (χ4v) is 3.59. The topological polar surface area (TPSA) is 42.4 Å². The molecule has 0 N–H and O–H groups in total. The maximum absolute atomic E-state index is 12.5. The molecule has 0 radical (unpaired) electrons. The van der Waals surface area contributed by atoms with E-state index in [1.165, 1.54) is 16.9 Å². The Balaban J connectivity index is 1.46. The molecule has 3 aromatic rings. The molecule has 3 rings (SSSR count). The second-order valence-corrected chi connectivity index (χ2v) is 7.55. The lowest BCUT2D eigenvalue weighted by Gasteiger charge is -2.16. The first-order valence-electron chi connectivity index (χ1n) is 8.74. The highest BCUT2D eigenvalue weighted by atomic mass is 35.5. The van der Waals surface area contributed by atoms with E-state index in [-0.39, 0.29) is 5.91 Å². The van der Waals surface area contributed by atoms with E-state index in [4.69, 9.17) is 16.3 Å². The number of amides is 1. The summed E-state index contributed by atoms with van der Waals surface area (Å²) in [5.41, 5.74) is 1.70. The summed E-state index contributed by atoms with van der Waals surface area (Å²) < 4.78 is 5.66. The van der Waals surface area contributed by atoms with Crippen molar-refractivity contribution in [3.63, 3.8) is 0 Å². The highest BCUT2D eigenvalue weighted by Gasteiger charge is 2.15. The first-order chi connectivity index (χ1) is 13.1. The molecule has 0 aliphatic heterocycles. The molecule has 0 saturated heterocycles. The summed E-state index contributed by atoms with van der Waals surface area (Å²) >= 11 is 7.45. The number of hydrogen-bond acceptors (Lipinski definition) is 4. The number of benzene rings is 2. The molecule has 1 aromatic heterocycles. The van der Waals surface area contributed by atoms with Crippen LogP contribution in [0.2, 0.25) is 5.02 Å². The standard InChI is InChI=1S/C21H21ClN2O2S/c1-24(11-6-12-26-18-10-5-9-17(22)14-18)21(25)19-15-27-20(23-19)13-16-7-3-2-4-8-16/h2-5,7-10,14-15H,6,11-13H2,1H3. The van der Waals surface area contributed by atoms with Crippen molar-refractivity contribution in [2.75, 3.05) is 20.2 Å². The number of rotatable bonds is 8. The summed E-state index contributed by atoms with van der Waals surface area (Å²) in [5.74, 6) is 0.676. The molecule has 0 spiro atoms. The van der Waals surface area contributed by atoms with Gasteiger partial charge in [-0.25, -0.2) is 4.98 Å². The number of carbonyl (C=O) groups is 1. The quantitative estimate of drug-likeness (QED) is 0.503. The van der Waals surface area contributed by atoms with Crippen LogP contribution in [0.1, 0.15) is 27.5 Å². The van der Waals surface area contributed by atoms with Crippen molar-refractivity contribution in [2.24, 2.45) is 0 Å². The Morgan fingerprint density at radius 2 is 2.00 bits per heavy atom. The van der Waals surface area contributed by atoms with Gasteiger partial charge in [-0.05, 0) is 30.2 Å². The summed E-state index contributed by atoms with van der Waals surface area (Å²) in [6, 6.07) is 17.4. The van der Waals surface area contributed by atoms with Gasteiger partial charge < -0.3 is 9.64 Å². The third-order valence-corrected chi connectivity index (χ3v) is 5.10. The molecule has 4 nitrogen and oxygen atoms in total. The average molecular weight is 401 g/mol. The molecule has 1 amide bonds. The van der Waals surface area contributed by atoms with Crippen LogP contribution in [0.15, 0.2) is 60.0 Å². The lowest BCUT2D eigenvalue weighted by Crippen LogP contribution is -2.29. The van der Waals surface area contributed by atoms with E-state index in [9.17, 15) is 4.79 Å². The predicted molar refractivity (Wildman–Crippen MR) is 110 cm³/mol. The normalized spacial score (nSPS) is 10.6. The zero-order valence-electron chi connectivity index (χ0n) is 15.1.